The second-order valence-corrected chi connectivity index (χ2v) is 5.41. The lowest BCUT2D eigenvalue weighted by Crippen LogP contribution is -2.34. The second-order valence-electron chi connectivity index (χ2n) is 5.41. The Morgan fingerprint density at radius 3 is 2.78 bits per heavy atom. The van der Waals surface area contributed by atoms with Crippen LogP contribution in [-0.4, -0.2) is 39.0 Å². The molecule has 0 unspecified atom stereocenters. The van der Waals surface area contributed by atoms with E-state index in [1.54, 1.807) is 11.1 Å². The molecule has 0 radical (unpaired) electrons. The lowest BCUT2D eigenvalue weighted by Gasteiger charge is -2.22. The first-order valence-electron chi connectivity index (χ1n) is 7.61. The van der Waals surface area contributed by atoms with Crippen LogP contribution in [0.3, 0.4) is 0 Å². The Balaban J connectivity index is 1.76. The maximum Gasteiger partial charge on any atom is 0.227 e. The van der Waals surface area contributed by atoms with E-state index in [0.717, 1.165) is 22.2 Å². The average Bonchev–Trinajstić information content (AvgIpc) is 2.99. The number of carbonyl (C=O) groups is 1. The smallest absolute Gasteiger partial charge is 0.227 e. The van der Waals surface area contributed by atoms with Crippen molar-refractivity contribution in [3.63, 3.8) is 0 Å². The van der Waals surface area contributed by atoms with Crippen molar-refractivity contribution in [3.8, 4) is 0 Å². The summed E-state index contributed by atoms with van der Waals surface area (Å²) in [5.74, 6) is -0.00680. The molecule has 0 bridgehead atoms. The van der Waals surface area contributed by atoms with Gasteiger partial charge in [0.2, 0.25) is 5.91 Å². The van der Waals surface area contributed by atoms with Crippen molar-refractivity contribution in [1.29, 1.82) is 0 Å². The van der Waals surface area contributed by atoms with Gasteiger partial charge >= 0.3 is 0 Å². The van der Waals surface area contributed by atoms with Gasteiger partial charge in [-0.3, -0.25) is 4.79 Å². The molecule has 0 saturated carbocycles. The molecule has 0 aliphatic carbocycles. The first kappa shape index (κ1) is 15.2. The van der Waals surface area contributed by atoms with Crippen LogP contribution in [0.5, 0.6) is 0 Å². The van der Waals surface area contributed by atoms with Crippen LogP contribution in [0.15, 0.2) is 54.9 Å². The molecule has 5 nitrogen and oxygen atoms in total. The molecule has 0 atom stereocenters. The van der Waals surface area contributed by atoms with Crippen molar-refractivity contribution < 1.29 is 9.90 Å². The fraction of sp³-hybridized carbons (Fsp3) is 0.222. The number of aromatic nitrogens is 2. The van der Waals surface area contributed by atoms with Crippen LogP contribution in [0.25, 0.3) is 11.0 Å². The maximum absolute atomic E-state index is 12.6. The van der Waals surface area contributed by atoms with Crippen LogP contribution < -0.4 is 0 Å². The number of H-pyrrole nitrogens is 1. The number of aliphatic hydroxyl groups is 1. The molecule has 1 amide bonds. The van der Waals surface area contributed by atoms with Crippen molar-refractivity contribution in [2.45, 2.75) is 13.0 Å². The minimum atomic E-state index is -0.0476. The zero-order valence-electron chi connectivity index (χ0n) is 12.8. The first-order chi connectivity index (χ1) is 11.3. The highest BCUT2D eigenvalue weighted by molar-refractivity contribution is 5.87. The second kappa shape index (κ2) is 7.07. The Bertz CT molecular complexity index is 783. The highest BCUT2D eigenvalue weighted by Crippen LogP contribution is 2.17. The molecule has 23 heavy (non-hydrogen) atoms. The van der Waals surface area contributed by atoms with Crippen LogP contribution in [0.1, 0.15) is 11.1 Å². The van der Waals surface area contributed by atoms with Crippen molar-refractivity contribution in [1.82, 2.24) is 14.9 Å². The summed E-state index contributed by atoms with van der Waals surface area (Å²) in [5, 5.41) is 10.2. The summed E-state index contributed by atoms with van der Waals surface area (Å²) in [5.41, 5.74) is 2.76. The highest BCUT2D eigenvalue weighted by Gasteiger charge is 2.16. The quantitative estimate of drug-likeness (QED) is 0.733. The number of rotatable bonds is 6. The van der Waals surface area contributed by atoms with E-state index in [2.05, 4.69) is 9.97 Å². The molecule has 0 fully saturated rings. The monoisotopic (exact) mass is 309 g/mol. The lowest BCUT2D eigenvalue weighted by molar-refractivity contribution is -0.131. The zero-order chi connectivity index (χ0) is 16.1. The molecule has 0 aliphatic heterocycles. The predicted octanol–water partition coefficient (Wildman–Crippen LogP) is 2.13. The summed E-state index contributed by atoms with van der Waals surface area (Å²) in [4.78, 5) is 21.6. The minimum Gasteiger partial charge on any atom is -0.395 e. The van der Waals surface area contributed by atoms with Gasteiger partial charge in [0.15, 0.2) is 0 Å². The van der Waals surface area contributed by atoms with E-state index in [-0.39, 0.29) is 12.5 Å². The number of aromatic amines is 1. The van der Waals surface area contributed by atoms with Gasteiger partial charge in [-0.2, -0.15) is 0 Å². The Kier molecular flexibility index (Phi) is 4.68. The topological polar surface area (TPSA) is 69.2 Å². The summed E-state index contributed by atoms with van der Waals surface area (Å²) in [6.45, 7) is 0.781. The Labute approximate surface area is 134 Å². The van der Waals surface area contributed by atoms with Gasteiger partial charge in [0.25, 0.3) is 0 Å². The van der Waals surface area contributed by atoms with Gasteiger partial charge in [0, 0.05) is 30.9 Å². The number of pyridine rings is 1. The van der Waals surface area contributed by atoms with Crippen LogP contribution in [0.4, 0.5) is 0 Å². The van der Waals surface area contributed by atoms with E-state index >= 15 is 0 Å². The Morgan fingerprint density at radius 1 is 1.17 bits per heavy atom. The molecule has 0 spiro atoms. The third-order valence-electron chi connectivity index (χ3n) is 3.82. The summed E-state index contributed by atoms with van der Waals surface area (Å²) in [6.07, 6.45) is 3.84. The molecule has 0 saturated heterocycles. The highest BCUT2D eigenvalue weighted by atomic mass is 16.3. The molecule has 2 aromatic heterocycles. The molecule has 3 rings (SSSR count). The lowest BCUT2D eigenvalue weighted by atomic mass is 10.1. The van der Waals surface area contributed by atoms with E-state index in [0.29, 0.717) is 19.5 Å². The van der Waals surface area contributed by atoms with E-state index < -0.39 is 0 Å². The first-order valence-corrected chi connectivity index (χ1v) is 7.61. The normalized spacial score (nSPS) is 10.8. The van der Waals surface area contributed by atoms with Gasteiger partial charge in [-0.1, -0.05) is 30.3 Å². The summed E-state index contributed by atoms with van der Waals surface area (Å²) in [7, 11) is 0. The SMILES string of the molecule is O=C(Cc1c[nH]c2ncccc12)N(CCO)Cc1ccccc1. The number of carbonyl (C=O) groups excluding carboxylic acids is 1. The van der Waals surface area contributed by atoms with Gasteiger partial charge in [-0.05, 0) is 23.3 Å². The van der Waals surface area contributed by atoms with Crippen LogP contribution in [0, 0.1) is 0 Å². The number of nitrogens with zero attached hydrogens (tertiary/aromatic N) is 2. The number of aliphatic hydroxyl groups excluding tert-OH is 1. The molecule has 0 aliphatic rings. The largest absolute Gasteiger partial charge is 0.395 e. The molecule has 118 valence electrons. The number of hydrogen-bond donors (Lipinski definition) is 2. The molecule has 2 heterocycles. The number of amides is 1. The van der Waals surface area contributed by atoms with E-state index in [4.69, 9.17) is 0 Å². The maximum atomic E-state index is 12.6. The fourth-order valence-electron chi connectivity index (χ4n) is 2.65. The standard InChI is InChI=1S/C18H19N3O2/c22-10-9-21(13-14-5-2-1-3-6-14)17(23)11-15-12-20-18-16(15)7-4-8-19-18/h1-8,12,22H,9-11,13H2,(H,19,20). The number of fused-ring (bicyclic) bond motifs is 1. The predicted molar refractivity (Wildman–Crippen MR) is 88.7 cm³/mol. The van der Waals surface area contributed by atoms with Crippen molar-refractivity contribution in [2.75, 3.05) is 13.2 Å². The van der Waals surface area contributed by atoms with Gasteiger partial charge in [0.1, 0.15) is 5.65 Å². The Hall–Kier alpha value is -2.66. The average molecular weight is 309 g/mol. The Morgan fingerprint density at radius 2 is 2.00 bits per heavy atom. The molecular formula is C18H19N3O2. The van der Waals surface area contributed by atoms with Crippen molar-refractivity contribution in [3.05, 3.63) is 66.0 Å². The fourth-order valence-corrected chi connectivity index (χ4v) is 2.65. The van der Waals surface area contributed by atoms with Crippen molar-refractivity contribution >= 4 is 16.9 Å². The van der Waals surface area contributed by atoms with Gasteiger partial charge in [0.05, 0.1) is 13.0 Å². The van der Waals surface area contributed by atoms with E-state index in [1.807, 2.05) is 48.7 Å². The third-order valence-corrected chi connectivity index (χ3v) is 3.82. The van der Waals surface area contributed by atoms with Crippen LogP contribution in [0.2, 0.25) is 0 Å². The van der Waals surface area contributed by atoms with Gasteiger partial charge < -0.3 is 15.0 Å². The number of hydrogen-bond acceptors (Lipinski definition) is 3. The molecule has 1 aromatic carbocycles. The minimum absolute atomic E-state index is 0.00680. The van der Waals surface area contributed by atoms with Crippen molar-refractivity contribution in [2.24, 2.45) is 0 Å². The summed E-state index contributed by atoms with van der Waals surface area (Å²) < 4.78 is 0. The van der Waals surface area contributed by atoms with Crippen LogP contribution in [-0.2, 0) is 17.8 Å². The molecule has 5 heteroatoms. The zero-order valence-corrected chi connectivity index (χ0v) is 12.8. The number of nitrogens with one attached hydrogen (secondary N) is 1. The van der Waals surface area contributed by atoms with E-state index in [1.165, 1.54) is 0 Å². The summed E-state index contributed by atoms with van der Waals surface area (Å²) >= 11 is 0. The summed E-state index contributed by atoms with van der Waals surface area (Å²) in [6, 6.07) is 13.6. The molecule has 3 aromatic rings. The van der Waals surface area contributed by atoms with Gasteiger partial charge in [-0.15, -0.1) is 0 Å². The van der Waals surface area contributed by atoms with E-state index in [9.17, 15) is 9.90 Å². The number of benzene rings is 1. The third kappa shape index (κ3) is 3.57. The van der Waals surface area contributed by atoms with Gasteiger partial charge in [-0.25, -0.2) is 4.98 Å². The molecule has 2 N–H and O–H groups in total. The molecular weight excluding hydrogens is 290 g/mol. The van der Waals surface area contributed by atoms with Crippen LogP contribution >= 0.6 is 0 Å².